The lowest BCUT2D eigenvalue weighted by molar-refractivity contribution is -0.120. The van der Waals surface area contributed by atoms with Crippen molar-refractivity contribution in [2.24, 2.45) is 0 Å². The smallest absolute Gasteiger partial charge is 0.227 e. The third kappa shape index (κ3) is 4.38. The second-order valence-electron chi connectivity index (χ2n) is 6.09. The van der Waals surface area contributed by atoms with Gasteiger partial charge in [-0.15, -0.1) is 0 Å². The van der Waals surface area contributed by atoms with Crippen LogP contribution in [0.1, 0.15) is 24.5 Å². The standard InChI is InChI=1S/C20H22N2O3/c1-15(23)21-11-12-22-19-13-18(9-7-17(19)8-10-20(22)24)25-14-16-5-3-2-4-6-16/h2-7,9,13H,8,10-12,14H2,1H3,(H,21,23). The number of nitrogens with one attached hydrogen (secondary N) is 1. The molecule has 0 aliphatic carbocycles. The van der Waals surface area contributed by atoms with Gasteiger partial charge in [0.15, 0.2) is 0 Å². The summed E-state index contributed by atoms with van der Waals surface area (Å²) in [6, 6.07) is 15.9. The molecule has 25 heavy (non-hydrogen) atoms. The highest BCUT2D eigenvalue weighted by Gasteiger charge is 2.24. The number of ether oxygens (including phenoxy) is 1. The topological polar surface area (TPSA) is 58.6 Å². The van der Waals surface area contributed by atoms with E-state index in [1.165, 1.54) is 6.92 Å². The number of amides is 2. The van der Waals surface area contributed by atoms with Crippen LogP contribution in [0.4, 0.5) is 5.69 Å². The molecule has 5 heteroatoms. The van der Waals surface area contributed by atoms with Crippen LogP contribution < -0.4 is 15.0 Å². The molecule has 0 saturated carbocycles. The minimum absolute atomic E-state index is 0.0815. The van der Waals surface area contributed by atoms with E-state index >= 15 is 0 Å². The molecule has 0 fully saturated rings. The summed E-state index contributed by atoms with van der Waals surface area (Å²) in [5.41, 5.74) is 3.11. The van der Waals surface area contributed by atoms with Crippen LogP contribution >= 0.6 is 0 Å². The van der Waals surface area contributed by atoms with Gasteiger partial charge in [0.2, 0.25) is 11.8 Å². The van der Waals surface area contributed by atoms with Gasteiger partial charge in [-0.2, -0.15) is 0 Å². The van der Waals surface area contributed by atoms with Crippen molar-refractivity contribution in [2.45, 2.75) is 26.4 Å². The lowest BCUT2D eigenvalue weighted by Gasteiger charge is -2.30. The Hall–Kier alpha value is -2.82. The van der Waals surface area contributed by atoms with Gasteiger partial charge in [-0.05, 0) is 23.6 Å². The molecule has 130 valence electrons. The van der Waals surface area contributed by atoms with E-state index in [4.69, 9.17) is 4.74 Å². The molecule has 0 saturated heterocycles. The summed E-state index contributed by atoms with van der Waals surface area (Å²) >= 11 is 0. The SMILES string of the molecule is CC(=O)NCCN1C(=O)CCc2ccc(OCc3ccccc3)cc21. The molecule has 0 radical (unpaired) electrons. The van der Waals surface area contributed by atoms with E-state index in [-0.39, 0.29) is 11.8 Å². The molecule has 5 nitrogen and oxygen atoms in total. The van der Waals surface area contributed by atoms with Crippen LogP contribution in [0.5, 0.6) is 5.75 Å². The lowest BCUT2D eigenvalue weighted by atomic mass is 10.0. The van der Waals surface area contributed by atoms with Crippen LogP contribution in [0.15, 0.2) is 48.5 Å². The number of benzene rings is 2. The molecule has 0 spiro atoms. The Balaban J connectivity index is 1.72. The van der Waals surface area contributed by atoms with E-state index in [1.54, 1.807) is 4.90 Å². The number of carbonyl (C=O) groups is 2. The summed E-state index contributed by atoms with van der Waals surface area (Å²) in [6.45, 7) is 2.87. The molecule has 2 aromatic rings. The number of fused-ring (bicyclic) bond motifs is 1. The maximum Gasteiger partial charge on any atom is 0.227 e. The summed E-state index contributed by atoms with van der Waals surface area (Å²) in [7, 11) is 0. The van der Waals surface area contributed by atoms with Crippen LogP contribution in [-0.2, 0) is 22.6 Å². The van der Waals surface area contributed by atoms with E-state index in [0.717, 1.165) is 29.0 Å². The third-order valence-corrected chi connectivity index (χ3v) is 4.21. The number of hydrogen-bond donors (Lipinski definition) is 1. The van der Waals surface area contributed by atoms with Crippen molar-refractivity contribution in [3.63, 3.8) is 0 Å². The Bertz CT molecular complexity index is 759. The van der Waals surface area contributed by atoms with Gasteiger partial charge in [0.05, 0.1) is 5.69 Å². The maximum atomic E-state index is 12.3. The molecule has 1 aliphatic rings. The van der Waals surface area contributed by atoms with E-state index in [2.05, 4.69) is 5.32 Å². The second-order valence-corrected chi connectivity index (χ2v) is 6.09. The Labute approximate surface area is 147 Å². The minimum Gasteiger partial charge on any atom is -0.489 e. The summed E-state index contributed by atoms with van der Waals surface area (Å²) in [6.07, 6.45) is 1.24. The average molecular weight is 338 g/mol. The number of carbonyl (C=O) groups excluding carboxylic acids is 2. The lowest BCUT2D eigenvalue weighted by Crippen LogP contribution is -2.40. The van der Waals surface area contributed by atoms with E-state index in [1.807, 2.05) is 48.5 Å². The molecule has 0 atom stereocenters. The molecule has 0 bridgehead atoms. The monoisotopic (exact) mass is 338 g/mol. The zero-order valence-electron chi connectivity index (χ0n) is 14.3. The summed E-state index contributed by atoms with van der Waals surface area (Å²) in [5.74, 6) is 0.726. The molecule has 0 unspecified atom stereocenters. The van der Waals surface area contributed by atoms with Crippen molar-refractivity contribution < 1.29 is 14.3 Å². The van der Waals surface area contributed by atoms with Gasteiger partial charge in [-0.3, -0.25) is 9.59 Å². The Morgan fingerprint density at radius 3 is 2.72 bits per heavy atom. The van der Waals surface area contributed by atoms with Crippen LogP contribution in [0.2, 0.25) is 0 Å². The molecule has 2 amide bonds. The molecule has 2 aromatic carbocycles. The number of rotatable bonds is 6. The van der Waals surface area contributed by atoms with Gasteiger partial charge in [0.1, 0.15) is 12.4 Å². The maximum absolute atomic E-state index is 12.3. The normalized spacial score (nSPS) is 13.3. The van der Waals surface area contributed by atoms with Gasteiger partial charge in [-0.1, -0.05) is 36.4 Å². The van der Waals surface area contributed by atoms with Crippen molar-refractivity contribution in [3.8, 4) is 5.75 Å². The van der Waals surface area contributed by atoms with Crippen molar-refractivity contribution in [1.82, 2.24) is 5.32 Å². The Morgan fingerprint density at radius 1 is 1.16 bits per heavy atom. The quantitative estimate of drug-likeness (QED) is 0.881. The number of hydrogen-bond acceptors (Lipinski definition) is 3. The predicted octanol–water partition coefficient (Wildman–Crippen LogP) is 2.68. The molecule has 1 N–H and O–H groups in total. The summed E-state index contributed by atoms with van der Waals surface area (Å²) < 4.78 is 5.88. The zero-order valence-corrected chi connectivity index (χ0v) is 14.3. The molecule has 1 aliphatic heterocycles. The van der Waals surface area contributed by atoms with Crippen molar-refractivity contribution in [3.05, 3.63) is 59.7 Å². The average Bonchev–Trinajstić information content (AvgIpc) is 2.62. The highest BCUT2D eigenvalue weighted by atomic mass is 16.5. The van der Waals surface area contributed by atoms with Crippen LogP contribution in [0.25, 0.3) is 0 Å². The highest BCUT2D eigenvalue weighted by molar-refractivity contribution is 5.96. The van der Waals surface area contributed by atoms with Gasteiger partial charge in [0.25, 0.3) is 0 Å². The first-order valence-corrected chi connectivity index (χ1v) is 8.48. The second kappa shape index (κ2) is 7.83. The molecule has 0 aromatic heterocycles. The fourth-order valence-electron chi connectivity index (χ4n) is 2.94. The highest BCUT2D eigenvalue weighted by Crippen LogP contribution is 2.31. The van der Waals surface area contributed by atoms with E-state index in [9.17, 15) is 9.59 Å². The van der Waals surface area contributed by atoms with Gasteiger partial charge >= 0.3 is 0 Å². The van der Waals surface area contributed by atoms with Gasteiger partial charge < -0.3 is 15.0 Å². The summed E-state index contributed by atoms with van der Waals surface area (Å²) in [4.78, 5) is 25.1. The van der Waals surface area contributed by atoms with Crippen molar-refractivity contribution in [2.75, 3.05) is 18.0 Å². The Morgan fingerprint density at radius 2 is 1.96 bits per heavy atom. The first kappa shape index (κ1) is 17.0. The van der Waals surface area contributed by atoms with Gasteiger partial charge in [-0.25, -0.2) is 0 Å². The molecular formula is C20H22N2O3. The van der Waals surface area contributed by atoms with Gasteiger partial charge in [0, 0.05) is 32.5 Å². The van der Waals surface area contributed by atoms with Crippen LogP contribution in [0.3, 0.4) is 0 Å². The minimum atomic E-state index is -0.0929. The predicted molar refractivity (Wildman–Crippen MR) is 96.6 cm³/mol. The van der Waals surface area contributed by atoms with Crippen molar-refractivity contribution in [1.29, 1.82) is 0 Å². The van der Waals surface area contributed by atoms with Crippen LogP contribution in [-0.4, -0.2) is 24.9 Å². The number of nitrogens with zero attached hydrogens (tertiary/aromatic N) is 1. The van der Waals surface area contributed by atoms with Crippen molar-refractivity contribution >= 4 is 17.5 Å². The fourth-order valence-corrected chi connectivity index (χ4v) is 2.94. The first-order chi connectivity index (χ1) is 12.1. The fraction of sp³-hybridized carbons (Fsp3) is 0.300. The third-order valence-electron chi connectivity index (χ3n) is 4.21. The zero-order chi connectivity index (χ0) is 17.6. The Kier molecular flexibility index (Phi) is 5.33. The molecular weight excluding hydrogens is 316 g/mol. The number of aryl methyl sites for hydroxylation is 1. The largest absolute Gasteiger partial charge is 0.489 e. The van der Waals surface area contributed by atoms with E-state index in [0.29, 0.717) is 26.1 Å². The first-order valence-electron chi connectivity index (χ1n) is 8.48. The van der Waals surface area contributed by atoms with E-state index < -0.39 is 0 Å². The number of anilines is 1. The molecule has 1 heterocycles. The molecule has 3 rings (SSSR count). The summed E-state index contributed by atoms with van der Waals surface area (Å²) in [5, 5.41) is 2.74. The van der Waals surface area contributed by atoms with Crippen LogP contribution in [0, 0.1) is 0 Å².